The molecule has 7 nitrogen and oxygen atoms in total. The number of hydrogen-bond acceptors (Lipinski definition) is 4. The van der Waals surface area contributed by atoms with Crippen molar-refractivity contribution in [3.8, 4) is 5.69 Å². The monoisotopic (exact) mass is 488 g/mol. The fraction of sp³-hybridized carbons (Fsp3) is 0.296. The van der Waals surface area contributed by atoms with Crippen LogP contribution in [0.2, 0.25) is 5.02 Å². The average Bonchev–Trinajstić information content (AvgIpc) is 3.18. The fourth-order valence-electron chi connectivity index (χ4n) is 4.64. The zero-order chi connectivity index (χ0) is 24.5. The lowest BCUT2D eigenvalue weighted by atomic mass is 10.1. The van der Waals surface area contributed by atoms with Gasteiger partial charge in [0.25, 0.3) is 0 Å². The molecule has 2 amide bonds. The van der Waals surface area contributed by atoms with Gasteiger partial charge in [0, 0.05) is 38.1 Å². The normalized spacial score (nSPS) is 14.5. The largest absolute Gasteiger partial charge is 0.322 e. The number of aryl methyl sites for hydroxylation is 3. The molecule has 1 saturated heterocycles. The van der Waals surface area contributed by atoms with Gasteiger partial charge in [-0.05, 0) is 73.9 Å². The minimum atomic E-state index is -0.123. The number of urea groups is 1. The quantitative estimate of drug-likeness (QED) is 0.420. The summed E-state index contributed by atoms with van der Waals surface area (Å²) in [4.78, 5) is 26.5. The second-order valence-corrected chi connectivity index (χ2v) is 9.64. The van der Waals surface area contributed by atoms with Crippen LogP contribution in [0.1, 0.15) is 22.5 Å². The van der Waals surface area contributed by atoms with E-state index in [-0.39, 0.29) is 6.03 Å². The zero-order valence-corrected chi connectivity index (χ0v) is 21.0. The van der Waals surface area contributed by atoms with Gasteiger partial charge in [-0.25, -0.2) is 14.8 Å². The molecule has 1 fully saturated rings. The Morgan fingerprint density at radius 2 is 1.71 bits per heavy atom. The van der Waals surface area contributed by atoms with E-state index in [1.54, 1.807) is 0 Å². The average molecular weight is 489 g/mol. The highest BCUT2D eigenvalue weighted by atomic mass is 35.5. The fourth-order valence-corrected chi connectivity index (χ4v) is 4.92. The van der Waals surface area contributed by atoms with Crippen molar-refractivity contribution in [2.75, 3.05) is 31.5 Å². The lowest BCUT2D eigenvalue weighted by Gasteiger charge is -2.34. The number of nitrogens with one attached hydrogen (secondary N) is 1. The van der Waals surface area contributed by atoms with Crippen LogP contribution in [0, 0.1) is 20.8 Å². The van der Waals surface area contributed by atoms with Gasteiger partial charge in [-0.15, -0.1) is 0 Å². The summed E-state index contributed by atoms with van der Waals surface area (Å²) >= 11 is 6.29. The van der Waals surface area contributed by atoms with E-state index in [4.69, 9.17) is 16.6 Å². The smallest absolute Gasteiger partial charge is 0.321 e. The minimum absolute atomic E-state index is 0.123. The van der Waals surface area contributed by atoms with E-state index in [0.717, 1.165) is 41.3 Å². The number of carbonyl (C=O) groups is 1. The molecule has 4 aromatic rings. The molecule has 0 saturated carbocycles. The van der Waals surface area contributed by atoms with Gasteiger partial charge in [0.2, 0.25) is 0 Å². The number of aromatic nitrogens is 3. The molecule has 2 aromatic carbocycles. The molecule has 3 heterocycles. The first-order chi connectivity index (χ1) is 16.9. The first-order valence-electron chi connectivity index (χ1n) is 11.8. The van der Waals surface area contributed by atoms with Crippen molar-refractivity contribution >= 4 is 34.5 Å². The number of rotatable bonds is 4. The Labute approximate surface area is 210 Å². The molecule has 5 rings (SSSR count). The Morgan fingerprint density at radius 3 is 2.43 bits per heavy atom. The summed E-state index contributed by atoms with van der Waals surface area (Å²) in [6, 6.07) is 16.0. The molecular formula is C27H29ClN6O. The summed E-state index contributed by atoms with van der Waals surface area (Å²) in [7, 11) is 0. The molecule has 0 unspecified atom stereocenters. The van der Waals surface area contributed by atoms with Gasteiger partial charge in [-0.3, -0.25) is 9.47 Å². The summed E-state index contributed by atoms with van der Waals surface area (Å²) in [6.45, 7) is 9.67. The molecule has 0 bridgehead atoms. The summed E-state index contributed by atoms with van der Waals surface area (Å²) in [5.74, 6) is 0.952. The van der Waals surface area contributed by atoms with Gasteiger partial charge < -0.3 is 10.2 Å². The first-order valence-corrected chi connectivity index (χ1v) is 12.2. The standard InChI is InChI=1S/C27H29ClN6O/c1-18-6-7-23(22(28)16-18)31-27(35)33-11-9-32(10-12-33)17-25-30-24-5-4-8-29-26(24)34(25)21-14-19(2)13-20(3)15-21/h4-8,13-16H,9-12,17H2,1-3H3,(H,31,35). The summed E-state index contributed by atoms with van der Waals surface area (Å²) < 4.78 is 2.16. The van der Waals surface area contributed by atoms with E-state index in [2.05, 4.69) is 51.8 Å². The van der Waals surface area contributed by atoms with Crippen molar-refractivity contribution in [2.45, 2.75) is 27.3 Å². The van der Waals surface area contributed by atoms with Crippen LogP contribution in [-0.4, -0.2) is 56.5 Å². The third kappa shape index (κ3) is 5.01. The molecule has 1 N–H and O–H groups in total. The van der Waals surface area contributed by atoms with Gasteiger partial charge in [0.05, 0.1) is 17.3 Å². The second-order valence-electron chi connectivity index (χ2n) is 9.23. The minimum Gasteiger partial charge on any atom is -0.322 e. The van der Waals surface area contributed by atoms with Crippen LogP contribution in [0.4, 0.5) is 10.5 Å². The summed E-state index contributed by atoms with van der Waals surface area (Å²) in [5, 5.41) is 3.49. The van der Waals surface area contributed by atoms with Crippen LogP contribution in [-0.2, 0) is 6.54 Å². The van der Waals surface area contributed by atoms with E-state index in [1.807, 2.05) is 48.4 Å². The predicted molar refractivity (Wildman–Crippen MR) is 140 cm³/mol. The molecular weight excluding hydrogens is 460 g/mol. The third-order valence-electron chi connectivity index (χ3n) is 6.34. The second kappa shape index (κ2) is 9.68. The van der Waals surface area contributed by atoms with Crippen LogP contribution in [0.3, 0.4) is 0 Å². The van der Waals surface area contributed by atoms with Crippen LogP contribution >= 0.6 is 11.6 Å². The number of piperazine rings is 1. The molecule has 2 aromatic heterocycles. The molecule has 8 heteroatoms. The van der Waals surface area contributed by atoms with Gasteiger partial charge in [0.1, 0.15) is 11.3 Å². The molecule has 1 aliphatic heterocycles. The van der Waals surface area contributed by atoms with E-state index < -0.39 is 0 Å². The Balaban J connectivity index is 1.31. The van der Waals surface area contributed by atoms with Crippen molar-refractivity contribution < 1.29 is 4.79 Å². The number of nitrogens with zero attached hydrogens (tertiary/aromatic N) is 5. The van der Waals surface area contributed by atoms with Crippen LogP contribution in [0.15, 0.2) is 54.7 Å². The van der Waals surface area contributed by atoms with E-state index in [0.29, 0.717) is 30.3 Å². The maximum atomic E-state index is 12.8. The van der Waals surface area contributed by atoms with Gasteiger partial charge in [-0.1, -0.05) is 23.7 Å². The Kier molecular flexibility index (Phi) is 6.45. The Hall–Kier alpha value is -3.42. The van der Waals surface area contributed by atoms with Crippen LogP contribution < -0.4 is 5.32 Å². The van der Waals surface area contributed by atoms with Gasteiger partial charge in [-0.2, -0.15) is 0 Å². The van der Waals surface area contributed by atoms with E-state index in [1.165, 1.54) is 11.1 Å². The molecule has 35 heavy (non-hydrogen) atoms. The Bertz CT molecular complexity index is 1370. The lowest BCUT2D eigenvalue weighted by molar-refractivity contribution is 0.140. The highest BCUT2D eigenvalue weighted by Gasteiger charge is 2.24. The van der Waals surface area contributed by atoms with Crippen molar-refractivity contribution in [1.29, 1.82) is 0 Å². The summed E-state index contributed by atoms with van der Waals surface area (Å²) in [6.07, 6.45) is 1.81. The number of pyridine rings is 1. The molecule has 180 valence electrons. The number of amides is 2. The first kappa shape index (κ1) is 23.3. The number of halogens is 1. The molecule has 0 aliphatic carbocycles. The highest BCUT2D eigenvalue weighted by molar-refractivity contribution is 6.33. The van der Waals surface area contributed by atoms with Crippen molar-refractivity contribution in [1.82, 2.24) is 24.3 Å². The van der Waals surface area contributed by atoms with Gasteiger partial charge in [0.15, 0.2) is 5.65 Å². The number of carbonyl (C=O) groups excluding carboxylic acids is 1. The Morgan fingerprint density at radius 1 is 0.971 bits per heavy atom. The van der Waals surface area contributed by atoms with Crippen molar-refractivity contribution in [2.24, 2.45) is 0 Å². The van der Waals surface area contributed by atoms with E-state index >= 15 is 0 Å². The maximum absolute atomic E-state index is 12.8. The predicted octanol–water partition coefficient (Wildman–Crippen LogP) is 5.35. The number of benzene rings is 2. The number of imidazole rings is 1. The van der Waals surface area contributed by atoms with Crippen LogP contribution in [0.25, 0.3) is 16.9 Å². The van der Waals surface area contributed by atoms with Crippen molar-refractivity contribution in [3.05, 3.63) is 82.3 Å². The SMILES string of the molecule is Cc1cc(C)cc(-n2c(CN3CCN(C(=O)Nc4ccc(C)cc4Cl)CC3)nc3cccnc32)c1. The zero-order valence-electron chi connectivity index (χ0n) is 20.3. The van der Waals surface area contributed by atoms with Crippen LogP contribution in [0.5, 0.6) is 0 Å². The molecule has 1 aliphatic rings. The third-order valence-corrected chi connectivity index (χ3v) is 6.65. The maximum Gasteiger partial charge on any atom is 0.321 e. The summed E-state index contributed by atoms with van der Waals surface area (Å²) in [5.41, 5.74) is 6.93. The number of hydrogen-bond donors (Lipinski definition) is 1. The lowest BCUT2D eigenvalue weighted by Crippen LogP contribution is -2.49. The molecule has 0 spiro atoms. The van der Waals surface area contributed by atoms with Crippen molar-refractivity contribution in [3.63, 3.8) is 0 Å². The highest BCUT2D eigenvalue weighted by Crippen LogP contribution is 2.25. The topological polar surface area (TPSA) is 66.3 Å². The molecule has 0 radical (unpaired) electrons. The number of anilines is 1. The van der Waals surface area contributed by atoms with E-state index in [9.17, 15) is 4.79 Å². The van der Waals surface area contributed by atoms with Gasteiger partial charge >= 0.3 is 6.03 Å². The number of fused-ring (bicyclic) bond motifs is 1. The molecule has 0 atom stereocenters.